The Bertz CT molecular complexity index is 906. The summed E-state index contributed by atoms with van der Waals surface area (Å²) in [6.07, 6.45) is 4.15. The average Bonchev–Trinajstić information content (AvgIpc) is 3.37. The largest absolute Gasteiger partial charge is 0.497 e. The summed E-state index contributed by atoms with van der Waals surface area (Å²) in [5.74, 6) is 1.85. The highest BCUT2D eigenvalue weighted by Crippen LogP contribution is 2.23. The van der Waals surface area contributed by atoms with Crippen LogP contribution in [0.4, 0.5) is 0 Å². The highest BCUT2D eigenvalue weighted by Gasteiger charge is 2.25. The fourth-order valence-electron chi connectivity index (χ4n) is 4.34. The van der Waals surface area contributed by atoms with Crippen LogP contribution in [0.2, 0.25) is 0 Å². The van der Waals surface area contributed by atoms with Crippen molar-refractivity contribution in [2.45, 2.75) is 25.7 Å². The van der Waals surface area contributed by atoms with E-state index in [1.807, 2.05) is 58.3 Å². The first-order chi connectivity index (χ1) is 15.1. The lowest BCUT2D eigenvalue weighted by Crippen LogP contribution is -2.41. The van der Waals surface area contributed by atoms with Crippen LogP contribution in [0, 0.1) is 5.92 Å². The molecular weight excluding hydrogens is 392 g/mol. The highest BCUT2D eigenvalue weighted by atomic mass is 16.5. The van der Waals surface area contributed by atoms with E-state index >= 15 is 0 Å². The minimum Gasteiger partial charge on any atom is -0.497 e. The van der Waals surface area contributed by atoms with Crippen molar-refractivity contribution in [3.8, 4) is 11.5 Å². The van der Waals surface area contributed by atoms with E-state index in [9.17, 15) is 9.59 Å². The first-order valence-electron chi connectivity index (χ1n) is 11.1. The summed E-state index contributed by atoms with van der Waals surface area (Å²) in [4.78, 5) is 29.3. The number of rotatable bonds is 6. The number of carbonyl (C=O) groups excluding carboxylic acids is 2. The summed E-state index contributed by atoms with van der Waals surface area (Å²) < 4.78 is 11.2. The molecule has 2 amide bonds. The molecule has 0 N–H and O–H groups in total. The van der Waals surface area contributed by atoms with Gasteiger partial charge in [-0.1, -0.05) is 6.07 Å². The SMILES string of the molecule is COc1ccc(C(=O)N2CCCC(COc3cccc(C(=O)N4CCCC4)c3)C2)cc1. The first-order valence-corrected chi connectivity index (χ1v) is 11.1. The molecule has 2 aliphatic rings. The third kappa shape index (κ3) is 5.19. The van der Waals surface area contributed by atoms with Gasteiger partial charge < -0.3 is 19.3 Å². The number of nitrogens with zero attached hydrogens (tertiary/aromatic N) is 2. The Kier molecular flexibility index (Phi) is 6.75. The van der Waals surface area contributed by atoms with Gasteiger partial charge in [-0.2, -0.15) is 0 Å². The van der Waals surface area contributed by atoms with E-state index in [1.54, 1.807) is 7.11 Å². The smallest absolute Gasteiger partial charge is 0.253 e. The molecule has 2 aliphatic heterocycles. The van der Waals surface area contributed by atoms with Crippen molar-refractivity contribution in [3.63, 3.8) is 0 Å². The number of benzene rings is 2. The predicted octanol–water partition coefficient (Wildman–Crippen LogP) is 3.86. The lowest BCUT2D eigenvalue weighted by molar-refractivity contribution is 0.0632. The molecule has 2 saturated heterocycles. The Hall–Kier alpha value is -3.02. The molecule has 2 heterocycles. The third-order valence-electron chi connectivity index (χ3n) is 6.10. The molecule has 2 fully saturated rings. The molecule has 2 aromatic rings. The van der Waals surface area contributed by atoms with Gasteiger partial charge in [0.1, 0.15) is 11.5 Å². The van der Waals surface area contributed by atoms with E-state index in [4.69, 9.17) is 9.47 Å². The van der Waals surface area contributed by atoms with Gasteiger partial charge in [-0.15, -0.1) is 0 Å². The van der Waals surface area contributed by atoms with E-state index in [-0.39, 0.29) is 17.7 Å². The molecular formula is C25H30N2O4. The monoisotopic (exact) mass is 422 g/mol. The first kappa shape index (κ1) is 21.2. The Morgan fingerprint density at radius 1 is 0.871 bits per heavy atom. The number of amides is 2. The van der Waals surface area contributed by atoms with Crippen molar-refractivity contribution in [2.24, 2.45) is 5.92 Å². The fraction of sp³-hybridized carbons (Fsp3) is 0.440. The summed E-state index contributed by atoms with van der Waals surface area (Å²) in [6.45, 7) is 3.65. The number of hydrogen-bond acceptors (Lipinski definition) is 4. The molecule has 1 atom stereocenters. The number of piperidine rings is 1. The maximum absolute atomic E-state index is 12.9. The van der Waals surface area contributed by atoms with Crippen molar-refractivity contribution in [3.05, 3.63) is 59.7 Å². The van der Waals surface area contributed by atoms with Crippen molar-refractivity contribution >= 4 is 11.8 Å². The van der Waals surface area contributed by atoms with Gasteiger partial charge in [-0.3, -0.25) is 9.59 Å². The molecule has 164 valence electrons. The van der Waals surface area contributed by atoms with E-state index in [0.29, 0.717) is 30.0 Å². The third-order valence-corrected chi connectivity index (χ3v) is 6.10. The number of carbonyl (C=O) groups is 2. The Balaban J connectivity index is 1.33. The maximum atomic E-state index is 12.9. The van der Waals surface area contributed by atoms with Crippen LogP contribution in [-0.2, 0) is 0 Å². The fourth-order valence-corrected chi connectivity index (χ4v) is 4.34. The van der Waals surface area contributed by atoms with Gasteiger partial charge in [-0.05, 0) is 68.1 Å². The van der Waals surface area contributed by atoms with Gasteiger partial charge in [0.2, 0.25) is 0 Å². The molecule has 0 aromatic heterocycles. The van der Waals surface area contributed by atoms with Gasteiger partial charge in [0, 0.05) is 43.2 Å². The van der Waals surface area contributed by atoms with E-state index in [0.717, 1.165) is 51.1 Å². The molecule has 0 bridgehead atoms. The highest BCUT2D eigenvalue weighted by molar-refractivity contribution is 5.95. The Morgan fingerprint density at radius 3 is 2.32 bits per heavy atom. The van der Waals surface area contributed by atoms with E-state index in [2.05, 4.69) is 0 Å². The molecule has 0 aliphatic carbocycles. The van der Waals surface area contributed by atoms with Crippen molar-refractivity contribution < 1.29 is 19.1 Å². The second-order valence-corrected chi connectivity index (χ2v) is 8.33. The molecule has 6 heteroatoms. The Morgan fingerprint density at radius 2 is 1.58 bits per heavy atom. The zero-order valence-corrected chi connectivity index (χ0v) is 18.1. The molecule has 6 nitrogen and oxygen atoms in total. The molecule has 2 aromatic carbocycles. The molecule has 1 unspecified atom stereocenters. The van der Waals surface area contributed by atoms with Crippen LogP contribution in [-0.4, -0.2) is 61.5 Å². The van der Waals surface area contributed by atoms with E-state index in [1.165, 1.54) is 0 Å². The minimum atomic E-state index is 0.0468. The van der Waals surface area contributed by atoms with Crippen LogP contribution < -0.4 is 9.47 Å². The minimum absolute atomic E-state index is 0.0468. The summed E-state index contributed by atoms with van der Waals surface area (Å²) in [6, 6.07) is 14.7. The maximum Gasteiger partial charge on any atom is 0.253 e. The van der Waals surface area contributed by atoms with Crippen LogP contribution >= 0.6 is 0 Å². The standard InChI is InChI=1S/C25H30N2O4/c1-30-22-11-9-20(10-12-22)24(28)27-15-5-6-19(17-27)18-31-23-8-4-7-21(16-23)25(29)26-13-2-3-14-26/h4,7-12,16,19H,2-3,5-6,13-15,17-18H2,1H3. The number of likely N-dealkylation sites (tertiary alicyclic amines) is 2. The second kappa shape index (κ2) is 9.86. The van der Waals surface area contributed by atoms with Crippen molar-refractivity contribution in [1.82, 2.24) is 9.80 Å². The summed E-state index contributed by atoms with van der Waals surface area (Å²) in [5, 5.41) is 0. The molecule has 4 rings (SSSR count). The van der Waals surface area contributed by atoms with Gasteiger partial charge in [0.25, 0.3) is 11.8 Å². The second-order valence-electron chi connectivity index (χ2n) is 8.33. The predicted molar refractivity (Wildman–Crippen MR) is 119 cm³/mol. The quantitative estimate of drug-likeness (QED) is 0.709. The van der Waals surface area contributed by atoms with Crippen LogP contribution in [0.5, 0.6) is 11.5 Å². The average molecular weight is 423 g/mol. The summed E-state index contributed by atoms with van der Waals surface area (Å²) >= 11 is 0. The van der Waals surface area contributed by atoms with Gasteiger partial charge >= 0.3 is 0 Å². The van der Waals surface area contributed by atoms with Gasteiger partial charge in [-0.25, -0.2) is 0 Å². The molecule has 0 saturated carbocycles. The summed E-state index contributed by atoms with van der Waals surface area (Å²) in [5.41, 5.74) is 1.36. The Labute approximate surface area is 183 Å². The van der Waals surface area contributed by atoms with E-state index < -0.39 is 0 Å². The van der Waals surface area contributed by atoms with Crippen LogP contribution in [0.1, 0.15) is 46.4 Å². The number of ether oxygens (including phenoxy) is 2. The molecule has 31 heavy (non-hydrogen) atoms. The molecule has 0 radical (unpaired) electrons. The molecule has 0 spiro atoms. The normalized spacial score (nSPS) is 18.7. The summed E-state index contributed by atoms with van der Waals surface area (Å²) in [7, 11) is 1.62. The van der Waals surface area contributed by atoms with Crippen LogP contribution in [0.15, 0.2) is 48.5 Å². The topological polar surface area (TPSA) is 59.1 Å². The zero-order chi connectivity index (χ0) is 21.6. The number of hydrogen-bond donors (Lipinski definition) is 0. The number of methoxy groups -OCH3 is 1. The lowest BCUT2D eigenvalue weighted by Gasteiger charge is -2.32. The van der Waals surface area contributed by atoms with Crippen molar-refractivity contribution in [1.29, 1.82) is 0 Å². The lowest BCUT2D eigenvalue weighted by atomic mass is 9.98. The van der Waals surface area contributed by atoms with Crippen molar-refractivity contribution in [2.75, 3.05) is 39.9 Å². The zero-order valence-electron chi connectivity index (χ0n) is 18.1. The van der Waals surface area contributed by atoms with Crippen LogP contribution in [0.25, 0.3) is 0 Å². The van der Waals surface area contributed by atoms with Gasteiger partial charge in [0.15, 0.2) is 0 Å². The van der Waals surface area contributed by atoms with Crippen LogP contribution in [0.3, 0.4) is 0 Å². The van der Waals surface area contributed by atoms with Gasteiger partial charge in [0.05, 0.1) is 13.7 Å².